The van der Waals surface area contributed by atoms with Crippen molar-refractivity contribution in [2.45, 2.75) is 65.0 Å². The molecule has 11 heteroatoms. The van der Waals surface area contributed by atoms with Crippen LogP contribution in [0.4, 0.5) is 5.69 Å². The van der Waals surface area contributed by atoms with Gasteiger partial charge in [-0.25, -0.2) is 4.79 Å². The van der Waals surface area contributed by atoms with E-state index in [1.54, 1.807) is 38.1 Å². The number of amides is 2. The van der Waals surface area contributed by atoms with Crippen LogP contribution in [0.2, 0.25) is 0 Å². The molecule has 2 atom stereocenters. The lowest BCUT2D eigenvalue weighted by Crippen LogP contribution is -2.56. The molecule has 0 saturated heterocycles. The summed E-state index contributed by atoms with van der Waals surface area (Å²) in [6.45, 7) is 5.05. The first-order valence-electron chi connectivity index (χ1n) is 11.2. The van der Waals surface area contributed by atoms with Crippen LogP contribution in [0.15, 0.2) is 24.3 Å². The molecule has 1 aromatic carbocycles. The third-order valence-electron chi connectivity index (χ3n) is 5.14. The first kappa shape index (κ1) is 28.4. The minimum Gasteiger partial charge on any atom is -0.481 e. The average Bonchev–Trinajstić information content (AvgIpc) is 2.72. The molecule has 2 amide bonds. The van der Waals surface area contributed by atoms with Crippen molar-refractivity contribution >= 4 is 35.4 Å². The van der Waals surface area contributed by atoms with Gasteiger partial charge in [0, 0.05) is 19.2 Å². The minimum absolute atomic E-state index is 0.0945. The molecule has 34 heavy (non-hydrogen) atoms. The van der Waals surface area contributed by atoms with Crippen LogP contribution in [0.5, 0.6) is 0 Å². The Morgan fingerprint density at radius 2 is 1.74 bits per heavy atom. The summed E-state index contributed by atoms with van der Waals surface area (Å²) in [5.41, 5.74) is 6.37. The SMILES string of the molecule is CC(=O)N[C@@H](CC(=O)O)C(=O)N(c1ccccc1CCCCCNC(=N)N)[C@H](C(=O)O)C(C)C. The number of nitrogens with zero attached hydrogens (tertiary/aromatic N) is 1. The summed E-state index contributed by atoms with van der Waals surface area (Å²) in [4.78, 5) is 49.9. The first-order chi connectivity index (χ1) is 16.0. The number of carboxylic acid groups (broad SMARTS) is 2. The molecule has 1 rings (SSSR count). The molecule has 1 aromatic rings. The third kappa shape index (κ3) is 9.08. The van der Waals surface area contributed by atoms with Gasteiger partial charge in [-0.05, 0) is 36.8 Å². The Labute approximate surface area is 199 Å². The number of nitrogens with one attached hydrogen (secondary N) is 3. The van der Waals surface area contributed by atoms with Gasteiger partial charge in [-0.2, -0.15) is 0 Å². The van der Waals surface area contributed by atoms with Crippen LogP contribution in [0.3, 0.4) is 0 Å². The van der Waals surface area contributed by atoms with Crippen LogP contribution >= 0.6 is 0 Å². The van der Waals surface area contributed by atoms with Crippen molar-refractivity contribution < 1.29 is 29.4 Å². The smallest absolute Gasteiger partial charge is 0.327 e. The quantitative estimate of drug-likeness (QED) is 0.131. The summed E-state index contributed by atoms with van der Waals surface area (Å²) in [5.74, 6) is -4.50. The van der Waals surface area contributed by atoms with E-state index in [0.717, 1.165) is 29.7 Å². The summed E-state index contributed by atoms with van der Waals surface area (Å²) in [6, 6.07) is 4.22. The molecular weight excluding hydrogens is 442 g/mol. The van der Waals surface area contributed by atoms with Crippen molar-refractivity contribution in [1.29, 1.82) is 5.41 Å². The van der Waals surface area contributed by atoms with Crippen LogP contribution in [-0.2, 0) is 25.6 Å². The fourth-order valence-electron chi connectivity index (χ4n) is 3.68. The standard InChI is InChI=1S/C23H35N5O6/c1-14(2)20(22(33)34)28(21(32)17(13-19(30)31)27-15(3)29)18-11-7-6-10-16(18)9-5-4-8-12-26-23(24)25/h6-7,10-11,14,17,20H,4-5,8-9,12-13H2,1-3H3,(H,27,29)(H,30,31)(H,33,34)(H4,24,25,26)/t17-,20-/m0/s1. The van der Waals surface area contributed by atoms with Crippen molar-refractivity contribution in [2.75, 3.05) is 11.4 Å². The normalized spacial score (nSPS) is 12.5. The lowest BCUT2D eigenvalue weighted by Gasteiger charge is -2.35. The van der Waals surface area contributed by atoms with Crippen molar-refractivity contribution in [3.05, 3.63) is 29.8 Å². The zero-order valence-electron chi connectivity index (χ0n) is 19.8. The van der Waals surface area contributed by atoms with Gasteiger partial charge in [0.1, 0.15) is 12.1 Å². The fraction of sp³-hybridized carbons (Fsp3) is 0.522. The highest BCUT2D eigenvalue weighted by molar-refractivity contribution is 6.05. The zero-order valence-corrected chi connectivity index (χ0v) is 19.8. The van der Waals surface area contributed by atoms with Crippen molar-refractivity contribution in [3.63, 3.8) is 0 Å². The van der Waals surface area contributed by atoms with Crippen molar-refractivity contribution in [2.24, 2.45) is 11.7 Å². The highest BCUT2D eigenvalue weighted by Crippen LogP contribution is 2.28. The number of nitrogens with two attached hydrogens (primary N) is 1. The minimum atomic E-state index is -1.42. The Morgan fingerprint density at radius 1 is 1.09 bits per heavy atom. The van der Waals surface area contributed by atoms with Gasteiger partial charge in [0.25, 0.3) is 5.91 Å². The molecule has 7 N–H and O–H groups in total. The monoisotopic (exact) mass is 477 g/mol. The summed E-state index contributed by atoms with van der Waals surface area (Å²) in [5, 5.41) is 31.5. The number of hydrogen-bond donors (Lipinski definition) is 6. The second-order valence-corrected chi connectivity index (χ2v) is 8.37. The van der Waals surface area contributed by atoms with E-state index in [1.807, 2.05) is 0 Å². The van der Waals surface area contributed by atoms with Crippen LogP contribution in [0, 0.1) is 11.3 Å². The van der Waals surface area contributed by atoms with E-state index >= 15 is 0 Å². The summed E-state index contributed by atoms with van der Waals surface area (Å²) in [6.07, 6.45) is 2.20. The van der Waals surface area contributed by atoms with E-state index in [1.165, 1.54) is 6.92 Å². The van der Waals surface area contributed by atoms with E-state index < -0.39 is 48.2 Å². The van der Waals surface area contributed by atoms with Crippen LogP contribution in [0.1, 0.15) is 52.0 Å². The first-order valence-corrected chi connectivity index (χ1v) is 11.2. The number of guanidine groups is 1. The lowest BCUT2D eigenvalue weighted by molar-refractivity contribution is -0.142. The van der Waals surface area contributed by atoms with Gasteiger partial charge in [-0.15, -0.1) is 0 Å². The van der Waals surface area contributed by atoms with Gasteiger partial charge in [-0.3, -0.25) is 24.7 Å². The second kappa shape index (κ2) is 13.8. The number of rotatable bonds is 14. The molecule has 0 saturated carbocycles. The Hall–Kier alpha value is -3.63. The van der Waals surface area contributed by atoms with Crippen LogP contribution in [0.25, 0.3) is 0 Å². The molecule has 0 radical (unpaired) electrons. The maximum atomic E-state index is 13.5. The molecule has 0 spiro atoms. The number of carbonyl (C=O) groups excluding carboxylic acids is 2. The Kier molecular flexibility index (Phi) is 11.5. The molecule has 188 valence electrons. The number of carboxylic acids is 2. The van der Waals surface area contributed by atoms with Crippen molar-refractivity contribution in [1.82, 2.24) is 10.6 Å². The number of aryl methyl sites for hydroxylation is 1. The molecule has 0 unspecified atom stereocenters. The second-order valence-electron chi connectivity index (χ2n) is 8.37. The number of para-hydroxylation sites is 1. The Morgan fingerprint density at radius 3 is 2.26 bits per heavy atom. The van der Waals surface area contributed by atoms with Crippen LogP contribution < -0.4 is 21.3 Å². The highest BCUT2D eigenvalue weighted by Gasteiger charge is 2.38. The molecule has 0 aliphatic heterocycles. The largest absolute Gasteiger partial charge is 0.481 e. The lowest BCUT2D eigenvalue weighted by atomic mass is 9.97. The molecule has 0 aliphatic carbocycles. The number of benzene rings is 1. The predicted molar refractivity (Wildman–Crippen MR) is 128 cm³/mol. The number of unbranched alkanes of at least 4 members (excludes halogenated alkanes) is 2. The average molecular weight is 478 g/mol. The molecule has 0 heterocycles. The van der Waals surface area contributed by atoms with Gasteiger partial charge in [0.05, 0.1) is 6.42 Å². The van der Waals surface area contributed by atoms with Gasteiger partial charge < -0.3 is 26.6 Å². The maximum Gasteiger partial charge on any atom is 0.327 e. The highest BCUT2D eigenvalue weighted by atomic mass is 16.4. The third-order valence-corrected chi connectivity index (χ3v) is 5.14. The number of carbonyl (C=O) groups is 4. The predicted octanol–water partition coefficient (Wildman–Crippen LogP) is 1.30. The molecule has 0 bridgehead atoms. The van der Waals surface area contributed by atoms with Crippen molar-refractivity contribution in [3.8, 4) is 0 Å². The summed E-state index contributed by atoms with van der Waals surface area (Å²) in [7, 11) is 0. The molecule has 0 fully saturated rings. The van der Waals surface area contributed by atoms with E-state index in [-0.39, 0.29) is 5.96 Å². The number of hydrogen-bond acceptors (Lipinski definition) is 5. The van der Waals surface area contributed by atoms with Gasteiger partial charge in [-0.1, -0.05) is 38.5 Å². The number of anilines is 1. The summed E-state index contributed by atoms with van der Waals surface area (Å²) < 4.78 is 0. The van der Waals surface area contributed by atoms with Gasteiger partial charge in [0.15, 0.2) is 5.96 Å². The summed E-state index contributed by atoms with van der Waals surface area (Å²) >= 11 is 0. The van der Waals surface area contributed by atoms with E-state index in [0.29, 0.717) is 18.7 Å². The molecular formula is C23H35N5O6. The molecule has 0 aliphatic rings. The van der Waals surface area contributed by atoms with E-state index in [9.17, 15) is 29.4 Å². The molecule has 0 aromatic heterocycles. The van der Waals surface area contributed by atoms with Crippen LogP contribution in [-0.4, -0.2) is 58.6 Å². The Bertz CT molecular complexity index is 872. The van der Waals surface area contributed by atoms with E-state index in [4.69, 9.17) is 11.1 Å². The maximum absolute atomic E-state index is 13.5. The van der Waals surface area contributed by atoms with Gasteiger partial charge >= 0.3 is 11.9 Å². The molecule has 11 nitrogen and oxygen atoms in total. The zero-order chi connectivity index (χ0) is 25.8. The van der Waals surface area contributed by atoms with Gasteiger partial charge in [0.2, 0.25) is 5.91 Å². The topological polar surface area (TPSA) is 186 Å². The number of aliphatic carboxylic acids is 2. The Balaban J connectivity index is 3.31. The van der Waals surface area contributed by atoms with E-state index in [2.05, 4.69) is 10.6 Å². The fourth-order valence-corrected chi connectivity index (χ4v) is 3.68.